The van der Waals surface area contributed by atoms with E-state index >= 15 is 0 Å². The molecule has 2 heterocycles. The average Bonchev–Trinajstić information content (AvgIpc) is 3.70. The van der Waals surface area contributed by atoms with Crippen molar-refractivity contribution in [3.05, 3.63) is 180 Å². The Bertz CT molecular complexity index is 2920. The molecule has 0 unspecified atom stereocenters. The van der Waals surface area contributed by atoms with Crippen LogP contribution in [0.1, 0.15) is 5.56 Å². The van der Waals surface area contributed by atoms with Gasteiger partial charge in [0, 0.05) is 27.2 Å². The van der Waals surface area contributed by atoms with Gasteiger partial charge in [-0.1, -0.05) is 97.1 Å². The van der Waals surface area contributed by atoms with E-state index in [4.69, 9.17) is 13.1 Å². The minimum atomic E-state index is 0.316. The number of nitrogens with zero attached hydrogens (tertiary/aromatic N) is 5. The molecule has 0 aliphatic rings. The second-order valence-electron chi connectivity index (χ2n) is 12.2. The van der Waals surface area contributed by atoms with Gasteiger partial charge in [0.2, 0.25) is 5.69 Å². The van der Waals surface area contributed by atoms with Crippen LogP contribution < -0.4 is 0 Å². The predicted octanol–water partition coefficient (Wildman–Crippen LogP) is 12.2. The summed E-state index contributed by atoms with van der Waals surface area (Å²) in [6, 6.07) is 53.4. The molecule has 5 heteroatoms. The molecule has 50 heavy (non-hydrogen) atoms. The SMILES string of the molecule is [C-]#[N+]c1cc(-c2cccc(-n3c4ccccc4c4cc(C#N)ccc43)c2)cc(-c2ccccc2-n2c3ccccc3c3ccccc32)c1[N+]#[C-]. The Morgan fingerprint density at radius 1 is 0.480 bits per heavy atom. The Balaban J connectivity index is 1.27. The van der Waals surface area contributed by atoms with Gasteiger partial charge in [0.1, 0.15) is 0 Å². The van der Waals surface area contributed by atoms with Gasteiger partial charge in [-0.25, -0.2) is 4.85 Å². The van der Waals surface area contributed by atoms with E-state index in [0.717, 1.165) is 71.7 Å². The molecule has 230 valence electrons. The van der Waals surface area contributed by atoms with Crippen LogP contribution in [0.3, 0.4) is 0 Å². The third kappa shape index (κ3) is 4.31. The van der Waals surface area contributed by atoms with Gasteiger partial charge in [0.05, 0.1) is 52.5 Å². The molecule has 0 bridgehead atoms. The van der Waals surface area contributed by atoms with E-state index in [1.165, 1.54) is 0 Å². The van der Waals surface area contributed by atoms with Gasteiger partial charge in [-0.05, 0) is 76.9 Å². The summed E-state index contributed by atoms with van der Waals surface area (Å²) in [5, 5.41) is 14.0. The molecule has 0 saturated heterocycles. The van der Waals surface area contributed by atoms with Crippen LogP contribution in [0.5, 0.6) is 0 Å². The number of hydrogen-bond donors (Lipinski definition) is 0. The summed E-state index contributed by atoms with van der Waals surface area (Å²) in [7, 11) is 0. The minimum Gasteiger partial charge on any atom is -0.309 e. The minimum absolute atomic E-state index is 0.316. The molecule has 0 aliphatic carbocycles. The second kappa shape index (κ2) is 11.4. The van der Waals surface area contributed by atoms with Gasteiger partial charge in [0.15, 0.2) is 5.69 Å². The summed E-state index contributed by atoms with van der Waals surface area (Å²) in [5.41, 5.74) is 10.8. The third-order valence-electron chi connectivity index (χ3n) is 9.58. The van der Waals surface area contributed by atoms with Crippen molar-refractivity contribution < 1.29 is 0 Å². The first-order valence-corrected chi connectivity index (χ1v) is 16.2. The topological polar surface area (TPSA) is 42.4 Å². The molecule has 0 radical (unpaired) electrons. The lowest BCUT2D eigenvalue weighted by Gasteiger charge is -2.17. The van der Waals surface area contributed by atoms with Crippen molar-refractivity contribution >= 4 is 55.0 Å². The molecule has 7 aromatic carbocycles. The van der Waals surface area contributed by atoms with Crippen molar-refractivity contribution in [2.45, 2.75) is 0 Å². The van der Waals surface area contributed by atoms with Crippen LogP contribution in [-0.2, 0) is 0 Å². The lowest BCUT2D eigenvalue weighted by atomic mass is 9.94. The van der Waals surface area contributed by atoms with Crippen LogP contribution >= 0.6 is 0 Å². The highest BCUT2D eigenvalue weighted by atomic mass is 15.0. The summed E-state index contributed by atoms with van der Waals surface area (Å²) in [4.78, 5) is 7.81. The molecule has 0 saturated carbocycles. The molecular weight excluding hydrogens is 611 g/mol. The molecule has 0 amide bonds. The zero-order chi connectivity index (χ0) is 33.8. The summed E-state index contributed by atoms with van der Waals surface area (Å²) < 4.78 is 4.48. The highest BCUT2D eigenvalue weighted by Crippen LogP contribution is 2.46. The van der Waals surface area contributed by atoms with Crippen LogP contribution in [0, 0.1) is 24.5 Å². The first kappa shape index (κ1) is 28.8. The Morgan fingerprint density at radius 2 is 1.10 bits per heavy atom. The Labute approximate surface area is 288 Å². The van der Waals surface area contributed by atoms with Crippen molar-refractivity contribution in [1.29, 1.82) is 5.26 Å². The van der Waals surface area contributed by atoms with E-state index in [1.807, 2.05) is 66.7 Å². The molecule has 0 aliphatic heterocycles. The first-order chi connectivity index (χ1) is 24.7. The molecule has 5 nitrogen and oxygen atoms in total. The molecule has 9 aromatic rings. The first-order valence-electron chi connectivity index (χ1n) is 16.2. The smallest absolute Gasteiger partial charge is 0.202 e. The predicted molar refractivity (Wildman–Crippen MR) is 203 cm³/mol. The maximum atomic E-state index is 9.61. The Kier molecular flexibility index (Phi) is 6.56. The summed E-state index contributed by atoms with van der Waals surface area (Å²) in [6.45, 7) is 16.4. The number of aromatic nitrogens is 2. The van der Waals surface area contributed by atoms with Crippen molar-refractivity contribution in [3.8, 4) is 39.7 Å². The average molecular weight is 636 g/mol. The van der Waals surface area contributed by atoms with Crippen LogP contribution in [0.25, 0.3) is 86.9 Å². The molecule has 0 atom stereocenters. The van der Waals surface area contributed by atoms with Gasteiger partial charge in [-0.2, -0.15) is 5.26 Å². The highest BCUT2D eigenvalue weighted by Gasteiger charge is 2.20. The fourth-order valence-electron chi connectivity index (χ4n) is 7.42. The Hall–Kier alpha value is -7.39. The van der Waals surface area contributed by atoms with E-state index in [-0.39, 0.29) is 0 Å². The van der Waals surface area contributed by atoms with Crippen molar-refractivity contribution in [1.82, 2.24) is 9.13 Å². The highest BCUT2D eigenvalue weighted by molar-refractivity contribution is 6.11. The zero-order valence-corrected chi connectivity index (χ0v) is 26.7. The normalized spacial score (nSPS) is 11.1. The molecule has 2 aromatic heterocycles. The molecule has 0 N–H and O–H groups in total. The maximum absolute atomic E-state index is 9.61. The standard InChI is InChI=1S/C45H25N5/c1-47-39-27-31(30-12-11-13-32(25-30)49-40-18-7-5-16-35(40)37-24-29(28-46)22-23-44(37)49)26-38(45(39)48-2)36-17-6-10-21-43(36)50-41-19-8-3-14-33(41)34-15-4-9-20-42(34)50/h3-27H. The van der Waals surface area contributed by atoms with Crippen LogP contribution in [0.2, 0.25) is 0 Å². The van der Waals surface area contributed by atoms with Gasteiger partial charge in [0.25, 0.3) is 0 Å². The molecule has 0 spiro atoms. The van der Waals surface area contributed by atoms with Gasteiger partial charge >= 0.3 is 0 Å². The lowest BCUT2D eigenvalue weighted by molar-refractivity contribution is 1.18. The Morgan fingerprint density at radius 3 is 1.78 bits per heavy atom. The number of para-hydroxylation sites is 4. The van der Waals surface area contributed by atoms with E-state index in [0.29, 0.717) is 22.5 Å². The van der Waals surface area contributed by atoms with Crippen LogP contribution in [0.4, 0.5) is 11.4 Å². The second-order valence-corrected chi connectivity index (χ2v) is 12.2. The number of hydrogen-bond acceptors (Lipinski definition) is 1. The fraction of sp³-hybridized carbons (Fsp3) is 0. The summed E-state index contributed by atoms with van der Waals surface area (Å²) in [5.74, 6) is 0. The maximum Gasteiger partial charge on any atom is 0.202 e. The largest absolute Gasteiger partial charge is 0.309 e. The fourth-order valence-corrected chi connectivity index (χ4v) is 7.42. The molecular formula is C45H25N5. The van der Waals surface area contributed by atoms with Gasteiger partial charge in [-0.15, -0.1) is 0 Å². The van der Waals surface area contributed by atoms with Crippen LogP contribution in [-0.4, -0.2) is 9.13 Å². The van der Waals surface area contributed by atoms with Gasteiger partial charge < -0.3 is 9.13 Å². The number of nitriles is 1. The molecule has 0 fully saturated rings. The lowest BCUT2D eigenvalue weighted by Crippen LogP contribution is -1.97. The number of rotatable bonds is 4. The van der Waals surface area contributed by atoms with E-state index in [1.54, 1.807) is 0 Å². The van der Waals surface area contributed by atoms with Crippen LogP contribution in [0.15, 0.2) is 152 Å². The summed E-state index contributed by atoms with van der Waals surface area (Å²) in [6.07, 6.45) is 0. The van der Waals surface area contributed by atoms with Crippen molar-refractivity contribution in [3.63, 3.8) is 0 Å². The van der Waals surface area contributed by atoms with E-state index < -0.39 is 0 Å². The van der Waals surface area contributed by atoms with Gasteiger partial charge in [-0.3, -0.25) is 4.85 Å². The zero-order valence-electron chi connectivity index (χ0n) is 26.7. The van der Waals surface area contributed by atoms with E-state index in [2.05, 4.69) is 110 Å². The third-order valence-corrected chi connectivity index (χ3v) is 9.58. The van der Waals surface area contributed by atoms with Crippen molar-refractivity contribution in [2.75, 3.05) is 0 Å². The number of fused-ring (bicyclic) bond motifs is 6. The number of benzene rings is 7. The van der Waals surface area contributed by atoms with Crippen molar-refractivity contribution in [2.24, 2.45) is 0 Å². The summed E-state index contributed by atoms with van der Waals surface area (Å²) >= 11 is 0. The molecule has 9 rings (SSSR count). The quantitative estimate of drug-likeness (QED) is 0.177. The van der Waals surface area contributed by atoms with E-state index in [9.17, 15) is 5.26 Å². The monoisotopic (exact) mass is 635 g/mol.